The molecule has 3 N–H and O–H groups in total. The van der Waals surface area contributed by atoms with Crippen LogP contribution < -0.4 is 10.5 Å². The number of primary sulfonamides is 1. The maximum absolute atomic E-state index is 12.9. The predicted molar refractivity (Wildman–Crippen MR) is 101 cm³/mol. The Labute approximate surface area is 159 Å². The fourth-order valence-corrected chi connectivity index (χ4v) is 7.63. The number of hydrogen-bond acceptors (Lipinski definition) is 7. The first-order chi connectivity index (χ1) is 11.2. The van der Waals surface area contributed by atoms with Gasteiger partial charge in [0.15, 0.2) is 9.84 Å². The standard InChI is InChI=1S/C14H24N2O5S3.ClH/c1-3-6-16-12-8-10(5-4-7-21-2)23(17,18)14-11(12)9-13(22-14)24(15,19)20;/h9-10,12,16H,3-8H2,1-2H3,(H2,15,19,20);1H/t10-,12-;/m0./s1. The monoisotopic (exact) mass is 432 g/mol. The average molecular weight is 433 g/mol. The highest BCUT2D eigenvalue weighted by atomic mass is 35.5. The molecular formula is C14H25ClN2O5S3. The zero-order chi connectivity index (χ0) is 18.0. The van der Waals surface area contributed by atoms with Gasteiger partial charge in [-0.05, 0) is 38.3 Å². The van der Waals surface area contributed by atoms with E-state index in [9.17, 15) is 16.8 Å². The Balaban J connectivity index is 0.00000312. The van der Waals surface area contributed by atoms with E-state index in [-0.39, 0.29) is 26.9 Å². The zero-order valence-electron chi connectivity index (χ0n) is 14.2. The molecule has 0 saturated carbocycles. The van der Waals surface area contributed by atoms with Crippen molar-refractivity contribution in [3.63, 3.8) is 0 Å². The Bertz CT molecular complexity index is 776. The molecule has 0 radical (unpaired) electrons. The summed E-state index contributed by atoms with van der Waals surface area (Å²) in [6.45, 7) is 3.25. The van der Waals surface area contributed by atoms with Gasteiger partial charge in [0.1, 0.15) is 8.42 Å². The van der Waals surface area contributed by atoms with Gasteiger partial charge in [-0.2, -0.15) is 0 Å². The van der Waals surface area contributed by atoms with E-state index in [1.165, 1.54) is 6.07 Å². The molecule has 0 amide bonds. The van der Waals surface area contributed by atoms with Gasteiger partial charge in [-0.15, -0.1) is 23.7 Å². The first kappa shape index (κ1) is 22.8. The summed E-state index contributed by atoms with van der Waals surface area (Å²) in [6.07, 6.45) is 2.46. The first-order valence-electron chi connectivity index (χ1n) is 7.84. The molecule has 25 heavy (non-hydrogen) atoms. The molecule has 11 heteroatoms. The Morgan fingerprint density at radius 3 is 2.68 bits per heavy atom. The van der Waals surface area contributed by atoms with Crippen LogP contribution in [0.2, 0.25) is 0 Å². The van der Waals surface area contributed by atoms with Gasteiger partial charge in [0.05, 0.1) is 5.25 Å². The fraction of sp³-hybridized carbons (Fsp3) is 0.714. The minimum atomic E-state index is -3.92. The summed E-state index contributed by atoms with van der Waals surface area (Å²) in [7, 11) is -5.90. The van der Waals surface area contributed by atoms with Crippen molar-refractivity contribution in [3.05, 3.63) is 11.6 Å². The number of sulfonamides is 1. The molecule has 0 unspecified atom stereocenters. The van der Waals surface area contributed by atoms with Gasteiger partial charge in [0.25, 0.3) is 0 Å². The lowest BCUT2D eigenvalue weighted by molar-refractivity contribution is 0.191. The summed E-state index contributed by atoms with van der Waals surface area (Å²) in [6, 6.07) is 1.23. The molecule has 0 saturated heterocycles. The van der Waals surface area contributed by atoms with Gasteiger partial charge in [-0.1, -0.05) is 6.92 Å². The maximum atomic E-state index is 12.9. The maximum Gasteiger partial charge on any atom is 0.247 e. The Kier molecular flexibility index (Phi) is 8.32. The van der Waals surface area contributed by atoms with Crippen molar-refractivity contribution in [2.24, 2.45) is 5.14 Å². The molecule has 0 spiro atoms. The molecule has 0 fully saturated rings. The molecule has 146 valence electrons. The summed E-state index contributed by atoms with van der Waals surface area (Å²) < 4.78 is 54.0. The lowest BCUT2D eigenvalue weighted by Crippen LogP contribution is -2.35. The van der Waals surface area contributed by atoms with Crippen LogP contribution in [0, 0.1) is 0 Å². The van der Waals surface area contributed by atoms with Gasteiger partial charge in [-0.25, -0.2) is 22.0 Å². The van der Waals surface area contributed by atoms with Crippen LogP contribution in [0.3, 0.4) is 0 Å². The van der Waals surface area contributed by atoms with Gasteiger partial charge in [0.2, 0.25) is 10.0 Å². The van der Waals surface area contributed by atoms with Crippen LogP contribution in [-0.4, -0.2) is 42.3 Å². The topological polar surface area (TPSA) is 116 Å². The van der Waals surface area contributed by atoms with E-state index >= 15 is 0 Å². The van der Waals surface area contributed by atoms with E-state index in [1.54, 1.807) is 7.11 Å². The number of hydrogen-bond donors (Lipinski definition) is 2. The SMILES string of the molecule is CCCN[C@H]1C[C@H](CCCOC)S(=O)(=O)c2sc(S(N)(=O)=O)cc21.Cl. The number of sulfone groups is 1. The zero-order valence-corrected chi connectivity index (χ0v) is 17.5. The van der Waals surface area contributed by atoms with Gasteiger partial charge in [0, 0.05) is 25.3 Å². The number of rotatable bonds is 8. The van der Waals surface area contributed by atoms with Crippen molar-refractivity contribution in [3.8, 4) is 0 Å². The average Bonchev–Trinajstić information content (AvgIpc) is 2.95. The molecule has 7 nitrogen and oxygen atoms in total. The number of halogens is 1. The van der Waals surface area contributed by atoms with Crippen molar-refractivity contribution in [2.75, 3.05) is 20.3 Å². The highest BCUT2D eigenvalue weighted by molar-refractivity contribution is 7.95. The quantitative estimate of drug-likeness (QED) is 0.605. The van der Waals surface area contributed by atoms with E-state index in [4.69, 9.17) is 9.88 Å². The molecule has 0 bridgehead atoms. The summed E-state index contributed by atoms with van der Waals surface area (Å²) in [5.74, 6) is 0. The van der Waals surface area contributed by atoms with E-state index < -0.39 is 25.1 Å². The molecule has 2 heterocycles. The number of fused-ring (bicyclic) bond motifs is 1. The summed E-state index contributed by atoms with van der Waals surface area (Å²) in [4.78, 5) is 0. The van der Waals surface area contributed by atoms with Crippen molar-refractivity contribution in [1.82, 2.24) is 5.32 Å². The number of ether oxygens (including phenoxy) is 1. The molecule has 1 aliphatic heterocycles. The Morgan fingerprint density at radius 1 is 1.44 bits per heavy atom. The minimum Gasteiger partial charge on any atom is -0.385 e. The summed E-state index contributed by atoms with van der Waals surface area (Å²) in [5.41, 5.74) is 0.528. The van der Waals surface area contributed by atoms with Crippen LogP contribution in [0.1, 0.15) is 44.2 Å². The third kappa shape index (κ3) is 5.15. The number of methoxy groups -OCH3 is 1. The normalized spacial score (nSPS) is 22.2. The molecule has 0 aliphatic carbocycles. The highest BCUT2D eigenvalue weighted by Gasteiger charge is 2.41. The van der Waals surface area contributed by atoms with Crippen LogP contribution in [-0.2, 0) is 24.6 Å². The minimum absolute atomic E-state index is 0. The third-order valence-corrected chi connectivity index (χ3v) is 9.44. The molecule has 2 rings (SSSR count). The molecule has 1 aromatic rings. The predicted octanol–water partition coefficient (Wildman–Crippen LogP) is 1.83. The van der Waals surface area contributed by atoms with Crippen molar-refractivity contribution in [2.45, 2.75) is 52.3 Å². The fourth-order valence-electron chi connectivity index (χ4n) is 2.88. The van der Waals surface area contributed by atoms with Crippen molar-refractivity contribution in [1.29, 1.82) is 0 Å². The first-order valence-corrected chi connectivity index (χ1v) is 11.8. The number of nitrogens with two attached hydrogens (primary N) is 1. The van der Waals surface area contributed by atoms with Gasteiger partial charge >= 0.3 is 0 Å². The van der Waals surface area contributed by atoms with E-state index in [0.717, 1.165) is 24.3 Å². The van der Waals surface area contributed by atoms with Crippen LogP contribution in [0.15, 0.2) is 14.5 Å². The number of thiophene rings is 1. The molecule has 1 aromatic heterocycles. The van der Waals surface area contributed by atoms with E-state index in [2.05, 4.69) is 5.32 Å². The highest BCUT2D eigenvalue weighted by Crippen LogP contribution is 2.43. The number of nitrogens with one attached hydrogen (secondary N) is 1. The lowest BCUT2D eigenvalue weighted by Gasteiger charge is -2.30. The lowest BCUT2D eigenvalue weighted by atomic mass is 10.0. The van der Waals surface area contributed by atoms with Gasteiger partial charge < -0.3 is 10.1 Å². The Hall–Kier alpha value is -0.230. The molecule has 1 aliphatic rings. The largest absolute Gasteiger partial charge is 0.385 e. The second-order valence-electron chi connectivity index (χ2n) is 5.90. The molecule has 0 aromatic carbocycles. The van der Waals surface area contributed by atoms with Crippen molar-refractivity contribution < 1.29 is 21.6 Å². The van der Waals surface area contributed by atoms with Crippen LogP contribution in [0.25, 0.3) is 0 Å². The third-order valence-electron chi connectivity index (χ3n) is 4.07. The van der Waals surface area contributed by atoms with Crippen LogP contribution >= 0.6 is 23.7 Å². The molecule has 2 atom stereocenters. The summed E-state index contributed by atoms with van der Waals surface area (Å²) >= 11 is 0.757. The van der Waals surface area contributed by atoms with E-state index in [1.807, 2.05) is 6.92 Å². The second kappa shape index (κ2) is 9.12. The van der Waals surface area contributed by atoms with E-state index in [0.29, 0.717) is 31.4 Å². The Morgan fingerprint density at radius 2 is 2.12 bits per heavy atom. The van der Waals surface area contributed by atoms with Crippen LogP contribution in [0.4, 0.5) is 0 Å². The van der Waals surface area contributed by atoms with Crippen molar-refractivity contribution >= 4 is 43.6 Å². The van der Waals surface area contributed by atoms with Gasteiger partial charge in [-0.3, -0.25) is 0 Å². The van der Waals surface area contributed by atoms with Crippen LogP contribution in [0.5, 0.6) is 0 Å². The summed E-state index contributed by atoms with van der Waals surface area (Å²) in [5, 5.41) is 7.97. The smallest absolute Gasteiger partial charge is 0.247 e. The molecular weight excluding hydrogens is 408 g/mol. The second-order valence-corrected chi connectivity index (χ2v) is 11.2.